The van der Waals surface area contributed by atoms with Crippen molar-refractivity contribution in [3.63, 3.8) is 0 Å². The quantitative estimate of drug-likeness (QED) is 0.530. The molecule has 2 aromatic rings. The van der Waals surface area contributed by atoms with Crippen molar-refractivity contribution in [3.8, 4) is 11.5 Å². The lowest BCUT2D eigenvalue weighted by atomic mass is 9.98. The molecule has 1 fully saturated rings. The molecule has 178 valence electrons. The average molecular weight is 477 g/mol. The van der Waals surface area contributed by atoms with Crippen LogP contribution in [0, 0.1) is 6.92 Å². The molecule has 3 atom stereocenters. The lowest BCUT2D eigenvalue weighted by molar-refractivity contribution is -0.0871. The zero-order chi connectivity index (χ0) is 23.4. The number of hydrogen-bond donors (Lipinski definition) is 3. The molecule has 33 heavy (non-hydrogen) atoms. The second-order valence-corrected chi connectivity index (χ2v) is 9.92. The molecule has 9 nitrogen and oxygen atoms in total. The van der Waals surface area contributed by atoms with Gasteiger partial charge in [-0.05, 0) is 56.5 Å². The molecule has 2 aliphatic heterocycles. The lowest BCUT2D eigenvalue weighted by Crippen LogP contribution is -2.51. The van der Waals surface area contributed by atoms with Crippen LogP contribution < -0.4 is 19.5 Å². The third-order valence-electron chi connectivity index (χ3n) is 5.82. The highest BCUT2D eigenvalue weighted by molar-refractivity contribution is 7.89. The van der Waals surface area contributed by atoms with Gasteiger partial charge in [-0.2, -0.15) is 0 Å². The number of benzene rings is 2. The van der Waals surface area contributed by atoms with Gasteiger partial charge in [0, 0.05) is 12.1 Å². The highest BCUT2D eigenvalue weighted by atomic mass is 32.2. The molecule has 2 aliphatic rings. The summed E-state index contributed by atoms with van der Waals surface area (Å²) >= 11 is 0. The Balaban J connectivity index is 1.27. The van der Waals surface area contributed by atoms with Gasteiger partial charge in [0.25, 0.3) is 5.91 Å². The first kappa shape index (κ1) is 23.5. The number of nitrogens with one attached hydrogen (secondary N) is 2. The molecule has 0 spiro atoms. The van der Waals surface area contributed by atoms with E-state index in [1.807, 2.05) is 6.92 Å². The number of aryl methyl sites for hydroxylation is 1. The van der Waals surface area contributed by atoms with E-state index < -0.39 is 22.2 Å². The van der Waals surface area contributed by atoms with Crippen LogP contribution >= 0.6 is 0 Å². The maximum absolute atomic E-state index is 12.7. The van der Waals surface area contributed by atoms with Crippen molar-refractivity contribution >= 4 is 15.9 Å². The van der Waals surface area contributed by atoms with Crippen molar-refractivity contribution in [1.82, 2.24) is 10.0 Å². The maximum atomic E-state index is 12.7. The minimum Gasteiger partial charge on any atom is -0.454 e. The van der Waals surface area contributed by atoms with Crippen LogP contribution in [-0.4, -0.2) is 57.6 Å². The molecule has 4 rings (SSSR count). The van der Waals surface area contributed by atoms with Gasteiger partial charge in [-0.3, -0.25) is 4.79 Å². The van der Waals surface area contributed by atoms with Gasteiger partial charge in [0.2, 0.25) is 16.8 Å². The Morgan fingerprint density at radius 1 is 1.09 bits per heavy atom. The van der Waals surface area contributed by atoms with Gasteiger partial charge in [0.1, 0.15) is 0 Å². The first-order valence-electron chi connectivity index (χ1n) is 10.9. The number of hydrogen-bond acceptors (Lipinski definition) is 7. The maximum Gasteiger partial charge on any atom is 0.251 e. The summed E-state index contributed by atoms with van der Waals surface area (Å²) in [5.41, 5.74) is 1.44. The summed E-state index contributed by atoms with van der Waals surface area (Å²) in [5, 5.41) is 12.6. The van der Waals surface area contributed by atoms with Crippen molar-refractivity contribution in [2.24, 2.45) is 0 Å². The molecule has 2 heterocycles. The third kappa shape index (κ3) is 5.64. The fourth-order valence-electron chi connectivity index (χ4n) is 3.95. The smallest absolute Gasteiger partial charge is 0.251 e. The average Bonchev–Trinajstić information content (AvgIpc) is 3.28. The molecule has 3 N–H and O–H groups in total. The number of amides is 1. The van der Waals surface area contributed by atoms with Crippen molar-refractivity contribution in [1.29, 1.82) is 0 Å². The summed E-state index contributed by atoms with van der Waals surface area (Å²) in [5.74, 6) is 0.930. The van der Waals surface area contributed by atoms with Crippen LogP contribution in [0.3, 0.4) is 0 Å². The summed E-state index contributed by atoms with van der Waals surface area (Å²) < 4.78 is 44.5. The fourth-order valence-corrected chi connectivity index (χ4v) is 5.25. The Morgan fingerprint density at radius 3 is 2.61 bits per heavy atom. The molecule has 1 saturated heterocycles. The number of aliphatic hydroxyl groups excluding tert-OH is 1. The first-order valence-corrected chi connectivity index (χ1v) is 12.4. The van der Waals surface area contributed by atoms with Crippen LogP contribution in [0.5, 0.6) is 11.5 Å². The molecule has 0 unspecified atom stereocenters. The number of carbonyl (C=O) groups excluding carboxylic acids is 1. The summed E-state index contributed by atoms with van der Waals surface area (Å²) in [7, 11) is -3.72. The number of aliphatic hydroxyl groups is 1. The largest absolute Gasteiger partial charge is 0.454 e. The highest BCUT2D eigenvalue weighted by Crippen LogP contribution is 2.32. The molecular formula is C23H28N2O7S. The Hall–Kier alpha value is -2.66. The van der Waals surface area contributed by atoms with Gasteiger partial charge in [-0.25, -0.2) is 13.1 Å². The van der Waals surface area contributed by atoms with E-state index in [4.69, 9.17) is 14.2 Å². The summed E-state index contributed by atoms with van der Waals surface area (Å²) in [6.07, 6.45) is 0.826. The number of ether oxygens (including phenoxy) is 3. The highest BCUT2D eigenvalue weighted by Gasteiger charge is 2.33. The van der Waals surface area contributed by atoms with Crippen molar-refractivity contribution < 1.29 is 32.5 Å². The predicted molar refractivity (Wildman–Crippen MR) is 120 cm³/mol. The summed E-state index contributed by atoms with van der Waals surface area (Å²) in [6, 6.07) is 11.1. The zero-order valence-corrected chi connectivity index (χ0v) is 19.1. The molecular weight excluding hydrogens is 448 g/mol. The zero-order valence-electron chi connectivity index (χ0n) is 18.3. The van der Waals surface area contributed by atoms with E-state index in [0.29, 0.717) is 42.9 Å². The van der Waals surface area contributed by atoms with Crippen LogP contribution in [0.15, 0.2) is 47.4 Å². The second-order valence-electron chi connectivity index (χ2n) is 8.21. The van der Waals surface area contributed by atoms with E-state index in [9.17, 15) is 18.3 Å². The van der Waals surface area contributed by atoms with Crippen molar-refractivity contribution in [3.05, 3.63) is 53.6 Å². The van der Waals surface area contributed by atoms with E-state index in [1.54, 1.807) is 42.5 Å². The molecule has 0 saturated carbocycles. The van der Waals surface area contributed by atoms with E-state index in [1.165, 1.54) is 0 Å². The van der Waals surface area contributed by atoms with E-state index in [0.717, 1.165) is 5.56 Å². The van der Waals surface area contributed by atoms with Crippen LogP contribution in [0.2, 0.25) is 0 Å². The van der Waals surface area contributed by atoms with Crippen molar-refractivity contribution in [2.75, 3.05) is 19.9 Å². The number of rotatable bonds is 8. The van der Waals surface area contributed by atoms with Gasteiger partial charge in [-0.15, -0.1) is 0 Å². The van der Waals surface area contributed by atoms with Gasteiger partial charge in [-0.1, -0.05) is 17.7 Å². The summed E-state index contributed by atoms with van der Waals surface area (Å²) in [6.45, 7) is 2.11. The second kappa shape index (κ2) is 10.1. The minimum absolute atomic E-state index is 0.146. The van der Waals surface area contributed by atoms with E-state index >= 15 is 0 Å². The van der Waals surface area contributed by atoms with E-state index in [2.05, 4.69) is 10.0 Å². The summed E-state index contributed by atoms with van der Waals surface area (Å²) in [4.78, 5) is 12.6. The van der Waals surface area contributed by atoms with Gasteiger partial charge in [0.05, 0.1) is 29.8 Å². The fraction of sp³-hybridized carbons (Fsp3) is 0.435. The molecule has 2 aromatic carbocycles. The lowest BCUT2D eigenvalue weighted by Gasteiger charge is -2.36. The van der Waals surface area contributed by atoms with Crippen LogP contribution in [0.25, 0.3) is 0 Å². The Morgan fingerprint density at radius 2 is 1.85 bits per heavy atom. The Bertz CT molecular complexity index is 1090. The SMILES string of the molecule is Cc1ccc(S(=O)(=O)N[C@H]2CC[C@H](CCNC(=O)c3ccc4c(c3)OCO4)O[C@@H]2CO)cc1. The minimum atomic E-state index is -3.72. The monoisotopic (exact) mass is 476 g/mol. The predicted octanol–water partition coefficient (Wildman–Crippen LogP) is 1.73. The van der Waals surface area contributed by atoms with E-state index in [-0.39, 0.29) is 30.3 Å². The van der Waals surface area contributed by atoms with Crippen molar-refractivity contribution in [2.45, 2.75) is 49.3 Å². The molecule has 0 bridgehead atoms. The number of fused-ring (bicyclic) bond motifs is 1. The van der Waals surface area contributed by atoms with Crippen LogP contribution in [0.1, 0.15) is 35.2 Å². The third-order valence-corrected chi connectivity index (χ3v) is 7.33. The topological polar surface area (TPSA) is 123 Å². The molecule has 0 aromatic heterocycles. The molecule has 0 aliphatic carbocycles. The molecule has 0 radical (unpaired) electrons. The number of carbonyl (C=O) groups is 1. The van der Waals surface area contributed by atoms with Crippen LogP contribution in [-0.2, 0) is 14.8 Å². The van der Waals surface area contributed by atoms with Gasteiger partial charge < -0.3 is 24.6 Å². The number of sulfonamides is 1. The van der Waals surface area contributed by atoms with Gasteiger partial charge >= 0.3 is 0 Å². The standard InChI is InChI=1S/C23H28N2O7S/c1-15-2-6-18(7-3-15)33(28,29)25-19-8-5-17(32-22(19)13-26)10-11-24-23(27)16-4-9-20-21(12-16)31-14-30-20/h2-4,6-7,9,12,17,19,22,25-26H,5,8,10-11,13-14H2,1H3,(H,24,27)/t17-,19+,22-/m1/s1. The normalized spacial score (nSPS) is 22.2. The van der Waals surface area contributed by atoms with Gasteiger partial charge in [0.15, 0.2) is 11.5 Å². The Labute approximate surface area is 193 Å². The Kier molecular flexibility index (Phi) is 7.18. The van der Waals surface area contributed by atoms with Crippen LogP contribution in [0.4, 0.5) is 0 Å². The molecule has 1 amide bonds. The molecule has 10 heteroatoms. The first-order chi connectivity index (χ1) is 15.9.